The molecule has 1 amide bonds. The number of benzene rings is 1. The Morgan fingerprint density at radius 3 is 2.50 bits per heavy atom. The van der Waals surface area contributed by atoms with Crippen LogP contribution in [0.4, 0.5) is 13.2 Å². The zero-order valence-corrected chi connectivity index (χ0v) is 25.0. The molecule has 6 atom stereocenters. The maximum absolute atomic E-state index is 14.0. The van der Waals surface area contributed by atoms with Gasteiger partial charge in [0.1, 0.15) is 11.4 Å². The quantitative estimate of drug-likeness (QED) is 0.366. The highest BCUT2D eigenvalue weighted by molar-refractivity contribution is 5.86. The van der Waals surface area contributed by atoms with E-state index in [1.165, 1.54) is 11.0 Å². The first-order chi connectivity index (χ1) is 20.0. The number of amides is 1. The molecule has 6 nitrogen and oxygen atoms in total. The molecule has 2 aliphatic heterocycles. The molecule has 2 saturated carbocycles. The summed E-state index contributed by atoms with van der Waals surface area (Å²) in [6.07, 6.45) is 6.98. The van der Waals surface area contributed by atoms with Crippen molar-refractivity contribution < 1.29 is 37.3 Å². The highest BCUT2D eigenvalue weighted by atomic mass is 19.4. The SMILES string of the molecule is CC1CCC(C(C)CC(=O)O)CCCCC([C@@H]2CC[C@@](C(=O)N3COc4ccc(C(F)(F)F)cc4C3)(C3CC3)OC2)C1. The summed E-state index contributed by atoms with van der Waals surface area (Å²) in [5.74, 6) is 1.84. The van der Waals surface area contributed by atoms with Crippen LogP contribution in [0.2, 0.25) is 0 Å². The number of fused-ring (bicyclic) bond motifs is 1. The molecular formula is C33H46F3NO5. The first-order valence-electron chi connectivity index (χ1n) is 15.9. The van der Waals surface area contributed by atoms with Crippen LogP contribution < -0.4 is 4.74 Å². The number of hydrogen-bond acceptors (Lipinski definition) is 4. The van der Waals surface area contributed by atoms with Crippen LogP contribution in [0.25, 0.3) is 0 Å². The highest BCUT2D eigenvalue weighted by Crippen LogP contribution is 2.50. The van der Waals surface area contributed by atoms with Gasteiger partial charge in [-0.2, -0.15) is 13.2 Å². The molecule has 1 N–H and O–H groups in total. The zero-order valence-electron chi connectivity index (χ0n) is 25.0. The van der Waals surface area contributed by atoms with E-state index in [1.54, 1.807) is 0 Å². The summed E-state index contributed by atoms with van der Waals surface area (Å²) in [6.45, 7) is 5.05. The summed E-state index contributed by atoms with van der Waals surface area (Å²) in [6, 6.07) is 3.45. The van der Waals surface area contributed by atoms with Gasteiger partial charge in [0.05, 0.1) is 18.7 Å². The summed E-state index contributed by atoms with van der Waals surface area (Å²) in [7, 11) is 0. The molecule has 2 heterocycles. The zero-order chi connectivity index (χ0) is 30.1. The van der Waals surface area contributed by atoms with Crippen LogP contribution >= 0.6 is 0 Å². The van der Waals surface area contributed by atoms with Gasteiger partial charge in [-0.1, -0.05) is 46.0 Å². The van der Waals surface area contributed by atoms with E-state index in [9.17, 15) is 27.9 Å². The Labute approximate surface area is 247 Å². The fraction of sp³-hybridized carbons (Fsp3) is 0.758. The van der Waals surface area contributed by atoms with Crippen molar-refractivity contribution in [2.24, 2.45) is 35.5 Å². The van der Waals surface area contributed by atoms with Gasteiger partial charge >= 0.3 is 12.1 Å². The number of carbonyl (C=O) groups is 2. The van der Waals surface area contributed by atoms with E-state index in [4.69, 9.17) is 9.47 Å². The lowest BCUT2D eigenvalue weighted by Crippen LogP contribution is -2.56. The van der Waals surface area contributed by atoms with E-state index in [2.05, 4.69) is 13.8 Å². The monoisotopic (exact) mass is 593 g/mol. The largest absolute Gasteiger partial charge is 0.481 e. The second-order valence-electron chi connectivity index (χ2n) is 13.7. The van der Waals surface area contributed by atoms with Crippen LogP contribution in [0, 0.1) is 35.5 Å². The van der Waals surface area contributed by atoms with E-state index in [-0.39, 0.29) is 37.4 Å². The van der Waals surface area contributed by atoms with Crippen LogP contribution in [0.5, 0.6) is 5.75 Å². The molecule has 0 aromatic heterocycles. The molecule has 5 rings (SSSR count). The number of carbonyl (C=O) groups excluding carboxylic acids is 1. The lowest BCUT2D eigenvalue weighted by molar-refractivity contribution is -0.181. The molecule has 42 heavy (non-hydrogen) atoms. The number of carboxylic acids is 1. The Balaban J connectivity index is 1.20. The third-order valence-corrected chi connectivity index (χ3v) is 10.6. The number of aliphatic carboxylic acids is 1. The van der Waals surface area contributed by atoms with Gasteiger partial charge in [-0.25, -0.2) is 0 Å². The first kappa shape index (κ1) is 31.1. The van der Waals surface area contributed by atoms with Crippen LogP contribution in [0.3, 0.4) is 0 Å². The fourth-order valence-corrected chi connectivity index (χ4v) is 7.86. The van der Waals surface area contributed by atoms with Gasteiger partial charge in [-0.15, -0.1) is 0 Å². The molecule has 0 spiro atoms. The van der Waals surface area contributed by atoms with Crippen molar-refractivity contribution in [2.45, 2.75) is 109 Å². The summed E-state index contributed by atoms with van der Waals surface area (Å²) in [4.78, 5) is 26.8. The minimum Gasteiger partial charge on any atom is -0.481 e. The summed E-state index contributed by atoms with van der Waals surface area (Å²) < 4.78 is 52.3. The van der Waals surface area contributed by atoms with Gasteiger partial charge in [0.25, 0.3) is 5.91 Å². The van der Waals surface area contributed by atoms with Crippen molar-refractivity contribution in [1.29, 1.82) is 0 Å². The smallest absolute Gasteiger partial charge is 0.416 e. The van der Waals surface area contributed by atoms with Crippen LogP contribution in [-0.4, -0.2) is 40.8 Å². The van der Waals surface area contributed by atoms with Crippen LogP contribution in [-0.2, 0) is 27.0 Å². The number of rotatable bonds is 6. The second kappa shape index (κ2) is 12.7. The van der Waals surface area contributed by atoms with Crippen LogP contribution in [0.15, 0.2) is 18.2 Å². The van der Waals surface area contributed by atoms with Gasteiger partial charge < -0.3 is 19.5 Å². The number of nitrogens with zero attached hydrogens (tertiary/aromatic N) is 1. The lowest BCUT2D eigenvalue weighted by atomic mass is 9.72. The predicted molar refractivity (Wildman–Crippen MR) is 151 cm³/mol. The summed E-state index contributed by atoms with van der Waals surface area (Å²) in [5, 5.41) is 9.25. The van der Waals surface area contributed by atoms with E-state index >= 15 is 0 Å². The highest BCUT2D eigenvalue weighted by Gasteiger charge is 2.56. The number of alkyl halides is 3. The van der Waals surface area contributed by atoms with Crippen molar-refractivity contribution >= 4 is 11.9 Å². The molecule has 1 aromatic rings. The molecule has 2 aliphatic carbocycles. The Morgan fingerprint density at radius 1 is 1.07 bits per heavy atom. The topological polar surface area (TPSA) is 76.1 Å². The van der Waals surface area contributed by atoms with E-state index in [1.807, 2.05) is 0 Å². The summed E-state index contributed by atoms with van der Waals surface area (Å²) >= 11 is 0. The molecule has 1 aromatic carbocycles. The third-order valence-electron chi connectivity index (χ3n) is 10.6. The third kappa shape index (κ3) is 7.08. The van der Waals surface area contributed by atoms with E-state index in [0.717, 1.165) is 76.3 Å². The number of hydrogen-bond donors (Lipinski definition) is 1. The fourth-order valence-electron chi connectivity index (χ4n) is 7.86. The minimum atomic E-state index is -4.45. The van der Waals surface area contributed by atoms with Crippen molar-refractivity contribution in [3.8, 4) is 5.75 Å². The maximum atomic E-state index is 14.0. The van der Waals surface area contributed by atoms with Gasteiger partial charge in [0.2, 0.25) is 0 Å². The van der Waals surface area contributed by atoms with Crippen molar-refractivity contribution in [2.75, 3.05) is 13.3 Å². The average Bonchev–Trinajstić information content (AvgIpc) is 3.80. The number of carboxylic acid groups (broad SMARTS) is 1. The summed E-state index contributed by atoms with van der Waals surface area (Å²) in [5.41, 5.74) is -1.27. The van der Waals surface area contributed by atoms with E-state index in [0.29, 0.717) is 48.0 Å². The maximum Gasteiger partial charge on any atom is 0.416 e. The standard InChI is InChI=1S/C33H46F3NO5/c1-21-7-8-23(22(2)16-30(38)39)5-3-4-6-24(15-21)25-13-14-32(42-19-25,27-9-10-27)31(40)37-18-26-17-28(33(34,35)36)11-12-29(26)41-20-37/h11-12,17,21-25,27H,3-10,13-16,18-20H2,1-2H3,(H,38,39)/t21?,22?,23?,24?,25-,32+/m1/s1. The van der Waals surface area contributed by atoms with Gasteiger partial charge in [-0.3, -0.25) is 9.59 Å². The van der Waals surface area contributed by atoms with Crippen molar-refractivity contribution in [3.05, 3.63) is 29.3 Å². The van der Waals surface area contributed by atoms with Gasteiger partial charge in [-0.05, 0) is 92.2 Å². The first-order valence-corrected chi connectivity index (χ1v) is 15.9. The Kier molecular flexibility index (Phi) is 9.45. The van der Waals surface area contributed by atoms with Gasteiger partial charge in [0.15, 0.2) is 6.73 Å². The second-order valence-corrected chi connectivity index (χ2v) is 13.7. The molecule has 0 radical (unpaired) electrons. The minimum absolute atomic E-state index is 0.0185. The van der Waals surface area contributed by atoms with Crippen LogP contribution in [0.1, 0.15) is 102 Å². The molecule has 3 fully saturated rings. The molecule has 0 bridgehead atoms. The Hall–Kier alpha value is -2.29. The molecule has 9 heteroatoms. The molecule has 4 aliphatic rings. The molecule has 234 valence electrons. The van der Waals surface area contributed by atoms with Gasteiger partial charge in [0, 0.05) is 12.0 Å². The lowest BCUT2D eigenvalue weighted by Gasteiger charge is -2.45. The molecular weight excluding hydrogens is 547 g/mol. The number of ether oxygens (including phenoxy) is 2. The predicted octanol–water partition coefficient (Wildman–Crippen LogP) is 7.68. The van der Waals surface area contributed by atoms with Crippen molar-refractivity contribution in [1.82, 2.24) is 4.90 Å². The molecule has 4 unspecified atom stereocenters. The average molecular weight is 594 g/mol. The normalized spacial score (nSPS) is 31.9. The molecule has 1 saturated heterocycles. The van der Waals surface area contributed by atoms with E-state index < -0.39 is 23.3 Å². The Morgan fingerprint density at radius 2 is 1.83 bits per heavy atom. The van der Waals surface area contributed by atoms with Crippen molar-refractivity contribution in [3.63, 3.8) is 0 Å². The Bertz CT molecular complexity index is 1110. The number of halogens is 3.